The number of aryl methyl sites for hydroxylation is 1. The van der Waals surface area contributed by atoms with Crippen molar-refractivity contribution in [1.82, 2.24) is 15.3 Å². The van der Waals surface area contributed by atoms with Gasteiger partial charge < -0.3 is 26.1 Å². The van der Waals surface area contributed by atoms with E-state index in [2.05, 4.69) is 20.6 Å². The van der Waals surface area contributed by atoms with Crippen molar-refractivity contribution in [3.63, 3.8) is 0 Å². The van der Waals surface area contributed by atoms with E-state index in [1.54, 1.807) is 18.2 Å². The number of primary amides is 1. The lowest BCUT2D eigenvalue weighted by Gasteiger charge is -2.18. The summed E-state index contributed by atoms with van der Waals surface area (Å²) in [7, 11) is 0. The Labute approximate surface area is 146 Å². The molecule has 3 amide bonds. The predicted molar refractivity (Wildman–Crippen MR) is 89.8 cm³/mol. The van der Waals surface area contributed by atoms with Crippen molar-refractivity contribution in [3.05, 3.63) is 51.2 Å². The second-order valence-electron chi connectivity index (χ2n) is 5.59. The topological polar surface area (TPSA) is 156 Å². The van der Waals surface area contributed by atoms with Crippen LogP contribution < -0.4 is 26.7 Å². The largest absolute Gasteiger partial charge is 0.482 e. The summed E-state index contributed by atoms with van der Waals surface area (Å²) in [6, 6.07) is 5.08. The quantitative estimate of drug-likeness (QED) is 0.574. The number of nitrogens with zero attached hydrogens (tertiary/aromatic N) is 1. The van der Waals surface area contributed by atoms with Crippen molar-refractivity contribution in [1.29, 1.82) is 0 Å². The summed E-state index contributed by atoms with van der Waals surface area (Å²) in [6.07, 6.45) is 0. The number of rotatable bonds is 4. The lowest BCUT2D eigenvalue weighted by molar-refractivity contribution is -0.118. The average Bonchev–Trinajstić information content (AvgIpc) is 2.58. The Morgan fingerprint density at radius 3 is 2.81 bits per heavy atom. The van der Waals surface area contributed by atoms with Crippen molar-refractivity contribution in [3.8, 4) is 5.75 Å². The number of carbonyl (C=O) groups excluding carboxylic acids is 3. The normalized spacial score (nSPS) is 12.6. The molecular weight excluding hydrogens is 342 g/mol. The van der Waals surface area contributed by atoms with Crippen LogP contribution in [0.4, 0.5) is 5.69 Å². The van der Waals surface area contributed by atoms with Crippen LogP contribution in [0.3, 0.4) is 0 Å². The number of hydrogen-bond acceptors (Lipinski definition) is 6. The van der Waals surface area contributed by atoms with Crippen molar-refractivity contribution in [2.24, 2.45) is 5.73 Å². The molecule has 1 aliphatic rings. The summed E-state index contributed by atoms with van der Waals surface area (Å²) in [5.74, 6) is -1.48. The zero-order chi connectivity index (χ0) is 18.8. The number of benzene rings is 1. The van der Waals surface area contributed by atoms with Crippen LogP contribution in [0.2, 0.25) is 0 Å². The molecule has 3 rings (SSSR count). The molecule has 0 fully saturated rings. The molecular formula is C16H15N5O5. The Balaban J connectivity index is 1.73. The van der Waals surface area contributed by atoms with Gasteiger partial charge in [-0.25, -0.2) is 4.98 Å². The van der Waals surface area contributed by atoms with E-state index in [4.69, 9.17) is 10.5 Å². The molecule has 1 aliphatic heterocycles. The molecule has 10 nitrogen and oxygen atoms in total. The lowest BCUT2D eigenvalue weighted by atomic mass is 10.1. The SMILES string of the molecule is Cc1nc(C(=O)NCc2ccc3c(c2)NC(=O)CO3)[nH]c(=O)c1C(N)=O. The summed E-state index contributed by atoms with van der Waals surface area (Å²) in [6.45, 7) is 1.50. The first-order chi connectivity index (χ1) is 12.3. The summed E-state index contributed by atoms with van der Waals surface area (Å²) in [5, 5.41) is 5.27. The van der Waals surface area contributed by atoms with Gasteiger partial charge in [-0.15, -0.1) is 0 Å². The van der Waals surface area contributed by atoms with Crippen molar-refractivity contribution in [2.45, 2.75) is 13.5 Å². The number of anilines is 1. The van der Waals surface area contributed by atoms with E-state index in [1.165, 1.54) is 6.92 Å². The number of aromatic amines is 1. The van der Waals surface area contributed by atoms with Gasteiger partial charge in [0.15, 0.2) is 12.4 Å². The fourth-order valence-electron chi connectivity index (χ4n) is 2.49. The number of nitrogens with one attached hydrogen (secondary N) is 3. The second kappa shape index (κ2) is 6.67. The Morgan fingerprint density at radius 1 is 1.35 bits per heavy atom. The Bertz CT molecular complexity index is 981. The molecule has 10 heteroatoms. The minimum absolute atomic E-state index is 0.0389. The number of carbonyl (C=O) groups is 3. The molecule has 26 heavy (non-hydrogen) atoms. The average molecular weight is 357 g/mol. The number of amides is 3. The number of nitrogens with two attached hydrogens (primary N) is 1. The molecule has 0 radical (unpaired) electrons. The van der Waals surface area contributed by atoms with Crippen molar-refractivity contribution in [2.75, 3.05) is 11.9 Å². The van der Waals surface area contributed by atoms with Crippen LogP contribution in [0.15, 0.2) is 23.0 Å². The first-order valence-corrected chi connectivity index (χ1v) is 7.59. The van der Waals surface area contributed by atoms with Crippen LogP contribution in [0.5, 0.6) is 5.75 Å². The number of fused-ring (bicyclic) bond motifs is 1. The maximum Gasteiger partial charge on any atom is 0.287 e. The van der Waals surface area contributed by atoms with Gasteiger partial charge in [0.2, 0.25) is 0 Å². The third-order valence-electron chi connectivity index (χ3n) is 3.69. The monoisotopic (exact) mass is 357 g/mol. The third-order valence-corrected chi connectivity index (χ3v) is 3.69. The van der Waals surface area contributed by atoms with E-state index in [1.807, 2.05) is 0 Å². The molecule has 2 heterocycles. The van der Waals surface area contributed by atoms with Gasteiger partial charge in [-0.1, -0.05) is 6.07 Å². The molecule has 0 saturated carbocycles. The molecule has 1 aromatic heterocycles. The minimum Gasteiger partial charge on any atom is -0.482 e. The Hall–Kier alpha value is -3.69. The number of aromatic nitrogens is 2. The van der Waals surface area contributed by atoms with Gasteiger partial charge in [0.1, 0.15) is 11.3 Å². The highest BCUT2D eigenvalue weighted by Crippen LogP contribution is 2.28. The van der Waals surface area contributed by atoms with Gasteiger partial charge in [0.25, 0.3) is 23.3 Å². The fourth-order valence-corrected chi connectivity index (χ4v) is 2.49. The Morgan fingerprint density at radius 2 is 2.12 bits per heavy atom. The van der Waals surface area contributed by atoms with Crippen LogP contribution in [0.1, 0.15) is 32.2 Å². The molecule has 5 N–H and O–H groups in total. The van der Waals surface area contributed by atoms with Gasteiger partial charge >= 0.3 is 0 Å². The van der Waals surface area contributed by atoms with E-state index in [-0.39, 0.29) is 36.1 Å². The Kier molecular flexibility index (Phi) is 4.40. The molecule has 1 aromatic carbocycles. The van der Waals surface area contributed by atoms with Gasteiger partial charge in [-0.05, 0) is 24.6 Å². The van der Waals surface area contributed by atoms with Gasteiger partial charge in [-0.3, -0.25) is 19.2 Å². The molecule has 0 spiro atoms. The summed E-state index contributed by atoms with van der Waals surface area (Å²) >= 11 is 0. The number of hydrogen-bond donors (Lipinski definition) is 4. The number of H-pyrrole nitrogens is 1. The predicted octanol–water partition coefficient (Wildman–Crippen LogP) is -0.562. The zero-order valence-corrected chi connectivity index (χ0v) is 13.7. The first kappa shape index (κ1) is 17.1. The molecule has 2 aromatic rings. The molecule has 134 valence electrons. The molecule has 0 saturated heterocycles. The van der Waals surface area contributed by atoms with Crippen molar-refractivity contribution < 1.29 is 19.1 Å². The van der Waals surface area contributed by atoms with Crippen molar-refractivity contribution >= 4 is 23.4 Å². The maximum atomic E-state index is 12.2. The van der Waals surface area contributed by atoms with Crippen LogP contribution in [-0.2, 0) is 11.3 Å². The second-order valence-corrected chi connectivity index (χ2v) is 5.59. The third kappa shape index (κ3) is 3.38. The maximum absolute atomic E-state index is 12.2. The van der Waals surface area contributed by atoms with E-state index < -0.39 is 17.4 Å². The van der Waals surface area contributed by atoms with E-state index in [9.17, 15) is 19.2 Å². The smallest absolute Gasteiger partial charge is 0.287 e. The highest BCUT2D eigenvalue weighted by atomic mass is 16.5. The summed E-state index contributed by atoms with van der Waals surface area (Å²) in [4.78, 5) is 52.7. The van der Waals surface area contributed by atoms with Gasteiger partial charge in [-0.2, -0.15) is 0 Å². The van der Waals surface area contributed by atoms with Gasteiger partial charge in [0, 0.05) is 6.54 Å². The lowest BCUT2D eigenvalue weighted by Crippen LogP contribution is -2.32. The van der Waals surface area contributed by atoms with E-state index in [0.29, 0.717) is 17.0 Å². The van der Waals surface area contributed by atoms with Crippen LogP contribution >= 0.6 is 0 Å². The molecule has 0 unspecified atom stereocenters. The van der Waals surface area contributed by atoms with Crippen LogP contribution in [0.25, 0.3) is 0 Å². The van der Waals surface area contributed by atoms with E-state index >= 15 is 0 Å². The summed E-state index contributed by atoms with van der Waals surface area (Å²) in [5.41, 5.74) is 5.33. The molecule has 0 bridgehead atoms. The first-order valence-electron chi connectivity index (χ1n) is 7.59. The number of ether oxygens (including phenoxy) is 1. The molecule has 0 aliphatic carbocycles. The summed E-state index contributed by atoms with van der Waals surface area (Å²) < 4.78 is 5.26. The standard InChI is InChI=1S/C16H15N5O5/c1-7-12(13(17)23)15(24)21-14(19-7)16(25)18-5-8-2-3-10-9(4-8)20-11(22)6-26-10/h2-4H,5-6H2,1H3,(H2,17,23)(H,18,25)(H,20,22)(H,19,21,24). The zero-order valence-electron chi connectivity index (χ0n) is 13.7. The molecule has 0 atom stereocenters. The van der Waals surface area contributed by atoms with Crippen LogP contribution in [-0.4, -0.2) is 34.3 Å². The fraction of sp³-hybridized carbons (Fsp3) is 0.188. The van der Waals surface area contributed by atoms with Gasteiger partial charge in [0.05, 0.1) is 11.4 Å². The highest BCUT2D eigenvalue weighted by Gasteiger charge is 2.18. The minimum atomic E-state index is -0.915. The van der Waals surface area contributed by atoms with E-state index in [0.717, 1.165) is 0 Å². The highest BCUT2D eigenvalue weighted by molar-refractivity contribution is 5.96. The van der Waals surface area contributed by atoms with Crippen LogP contribution in [0, 0.1) is 6.92 Å².